The van der Waals surface area contributed by atoms with Crippen molar-refractivity contribution in [3.05, 3.63) is 58.9 Å². The topological polar surface area (TPSA) is 75.9 Å². The van der Waals surface area contributed by atoms with Gasteiger partial charge >= 0.3 is 0 Å². The number of aromatic nitrogens is 4. The van der Waals surface area contributed by atoms with Crippen LogP contribution in [-0.4, -0.2) is 38.5 Å². The maximum Gasteiger partial charge on any atom is 0.227 e. The highest BCUT2D eigenvalue weighted by atomic mass is 35.5. The van der Waals surface area contributed by atoms with E-state index >= 15 is 0 Å². The molecule has 1 N–H and O–H groups in total. The molecule has 1 saturated heterocycles. The van der Waals surface area contributed by atoms with Crippen LogP contribution in [-0.2, 0) is 4.79 Å². The number of benzene rings is 1. The number of aryl methyl sites for hydroxylation is 1. The minimum Gasteiger partial charge on any atom is -0.356 e. The van der Waals surface area contributed by atoms with Crippen LogP contribution in [0.1, 0.15) is 18.7 Å². The molecule has 0 saturated carbocycles. The lowest BCUT2D eigenvalue weighted by atomic mass is 9.96. The van der Waals surface area contributed by atoms with E-state index in [0.717, 1.165) is 43.4 Å². The number of rotatable bonds is 4. The molecule has 1 amide bonds. The second-order valence-corrected chi connectivity index (χ2v) is 7.72. The lowest BCUT2D eigenvalue weighted by Gasteiger charge is -2.32. The Morgan fingerprint density at radius 2 is 1.90 bits per heavy atom. The number of amides is 1. The number of carbonyl (C=O) groups excluding carboxylic acids is 1. The smallest absolute Gasteiger partial charge is 0.227 e. The van der Waals surface area contributed by atoms with E-state index in [4.69, 9.17) is 23.2 Å². The van der Waals surface area contributed by atoms with Crippen molar-refractivity contribution in [2.45, 2.75) is 19.8 Å². The summed E-state index contributed by atoms with van der Waals surface area (Å²) >= 11 is 12.2. The Bertz CT molecular complexity index is 1030. The van der Waals surface area contributed by atoms with Crippen LogP contribution in [0, 0.1) is 12.8 Å². The molecule has 0 atom stereocenters. The monoisotopic (exact) mass is 430 g/mol. The summed E-state index contributed by atoms with van der Waals surface area (Å²) in [4.78, 5) is 27.8. The van der Waals surface area contributed by atoms with Crippen LogP contribution in [0.3, 0.4) is 0 Å². The molecule has 29 heavy (non-hydrogen) atoms. The maximum absolute atomic E-state index is 12.7. The first-order valence-corrected chi connectivity index (χ1v) is 10.1. The van der Waals surface area contributed by atoms with E-state index in [-0.39, 0.29) is 11.8 Å². The van der Waals surface area contributed by atoms with Crippen LogP contribution in [0.4, 0.5) is 11.5 Å². The van der Waals surface area contributed by atoms with Crippen LogP contribution in [0.5, 0.6) is 0 Å². The molecular formula is C20H20Cl2N6O. The normalized spacial score (nSPS) is 14.8. The van der Waals surface area contributed by atoms with Gasteiger partial charge in [-0.2, -0.15) is 0 Å². The molecule has 1 fully saturated rings. The summed E-state index contributed by atoms with van der Waals surface area (Å²) in [6.07, 6.45) is 6.64. The third kappa shape index (κ3) is 4.21. The van der Waals surface area contributed by atoms with E-state index < -0.39 is 0 Å². The van der Waals surface area contributed by atoms with Crippen LogP contribution < -0.4 is 10.2 Å². The fourth-order valence-electron chi connectivity index (χ4n) is 3.47. The summed E-state index contributed by atoms with van der Waals surface area (Å²) in [6.45, 7) is 3.40. The van der Waals surface area contributed by atoms with Gasteiger partial charge in [-0.25, -0.2) is 15.0 Å². The third-order valence-corrected chi connectivity index (χ3v) is 5.93. The van der Waals surface area contributed by atoms with E-state index in [1.54, 1.807) is 30.7 Å². The molecule has 150 valence electrons. The largest absolute Gasteiger partial charge is 0.356 e. The van der Waals surface area contributed by atoms with Gasteiger partial charge in [-0.05, 0) is 31.9 Å². The van der Waals surface area contributed by atoms with Gasteiger partial charge in [0, 0.05) is 37.5 Å². The number of hydrogen-bond acceptors (Lipinski definition) is 5. The highest BCUT2D eigenvalue weighted by Gasteiger charge is 2.26. The molecule has 9 heteroatoms. The average Bonchev–Trinajstić information content (AvgIpc) is 3.17. The van der Waals surface area contributed by atoms with Crippen molar-refractivity contribution >= 4 is 40.6 Å². The number of nitrogens with one attached hydrogen (secondary N) is 1. The first-order chi connectivity index (χ1) is 14.0. The number of halogens is 2. The lowest BCUT2D eigenvalue weighted by molar-refractivity contribution is -0.120. The molecule has 0 spiro atoms. The summed E-state index contributed by atoms with van der Waals surface area (Å²) in [5.74, 6) is 2.37. The molecule has 3 aromatic rings. The average molecular weight is 431 g/mol. The zero-order chi connectivity index (χ0) is 20.4. The van der Waals surface area contributed by atoms with Gasteiger partial charge in [0.15, 0.2) is 0 Å². The molecule has 0 unspecified atom stereocenters. The molecule has 3 heterocycles. The number of carbonyl (C=O) groups is 1. The molecule has 1 aliphatic heterocycles. The van der Waals surface area contributed by atoms with E-state index in [1.165, 1.54) is 0 Å². The molecule has 7 nitrogen and oxygen atoms in total. The van der Waals surface area contributed by atoms with Crippen LogP contribution in [0.2, 0.25) is 10.0 Å². The number of hydrogen-bond donors (Lipinski definition) is 1. The zero-order valence-corrected chi connectivity index (χ0v) is 17.4. The van der Waals surface area contributed by atoms with Crippen molar-refractivity contribution in [2.75, 3.05) is 23.3 Å². The number of anilines is 2. The van der Waals surface area contributed by atoms with Gasteiger partial charge in [-0.15, -0.1) is 0 Å². The van der Waals surface area contributed by atoms with Crippen molar-refractivity contribution in [1.82, 2.24) is 19.5 Å². The number of piperidine rings is 1. The molecule has 4 rings (SSSR count). The highest BCUT2D eigenvalue weighted by molar-refractivity contribution is 6.44. The Balaban J connectivity index is 1.40. The Morgan fingerprint density at radius 3 is 2.62 bits per heavy atom. The minimum atomic E-state index is -0.0847. The second kappa shape index (κ2) is 8.39. The van der Waals surface area contributed by atoms with Gasteiger partial charge in [0.05, 0.1) is 15.7 Å². The fourth-order valence-corrected chi connectivity index (χ4v) is 3.82. The van der Waals surface area contributed by atoms with Gasteiger partial charge < -0.3 is 10.2 Å². The van der Waals surface area contributed by atoms with E-state index in [0.29, 0.717) is 15.7 Å². The van der Waals surface area contributed by atoms with Gasteiger partial charge in [0.1, 0.15) is 23.8 Å². The zero-order valence-electron chi connectivity index (χ0n) is 15.8. The van der Waals surface area contributed by atoms with E-state index in [1.807, 2.05) is 23.8 Å². The maximum atomic E-state index is 12.7. The van der Waals surface area contributed by atoms with Gasteiger partial charge in [-0.1, -0.05) is 29.3 Å². The van der Waals surface area contributed by atoms with Crippen molar-refractivity contribution in [3.8, 4) is 5.82 Å². The first-order valence-electron chi connectivity index (χ1n) is 9.35. The van der Waals surface area contributed by atoms with Crippen molar-refractivity contribution < 1.29 is 4.79 Å². The third-order valence-electron chi connectivity index (χ3n) is 5.11. The molecule has 2 aromatic heterocycles. The molecule has 0 radical (unpaired) electrons. The number of imidazole rings is 1. The van der Waals surface area contributed by atoms with Gasteiger partial charge in [-0.3, -0.25) is 9.36 Å². The van der Waals surface area contributed by atoms with Crippen LogP contribution in [0.25, 0.3) is 5.82 Å². The summed E-state index contributed by atoms with van der Waals surface area (Å²) < 4.78 is 1.92. The van der Waals surface area contributed by atoms with Gasteiger partial charge in [0.25, 0.3) is 0 Å². The van der Waals surface area contributed by atoms with Crippen molar-refractivity contribution in [2.24, 2.45) is 5.92 Å². The number of nitrogens with zero attached hydrogens (tertiary/aromatic N) is 5. The molecule has 1 aliphatic rings. The van der Waals surface area contributed by atoms with Crippen molar-refractivity contribution in [1.29, 1.82) is 0 Å². The molecule has 0 bridgehead atoms. The second-order valence-electron chi connectivity index (χ2n) is 6.93. The Kier molecular flexibility index (Phi) is 5.69. The standard InChI is InChI=1S/C20H20Cl2N6O/c1-13-23-7-10-28(13)18-11-17(24-12-25-18)27-8-5-14(6-9-27)20(29)26-16-4-2-3-15(21)19(16)22/h2-4,7,10-12,14H,5-6,8-9H2,1H3,(H,26,29). The van der Waals surface area contributed by atoms with Crippen LogP contribution >= 0.6 is 23.2 Å². The predicted octanol–water partition coefficient (Wildman–Crippen LogP) is 4.13. The van der Waals surface area contributed by atoms with Crippen LogP contribution in [0.15, 0.2) is 43.0 Å². The molecule has 1 aromatic carbocycles. The molecular weight excluding hydrogens is 411 g/mol. The Labute approximate surface area is 178 Å². The summed E-state index contributed by atoms with van der Waals surface area (Å²) in [5.41, 5.74) is 0.544. The Morgan fingerprint density at radius 1 is 1.14 bits per heavy atom. The minimum absolute atomic E-state index is 0.0359. The van der Waals surface area contributed by atoms with E-state index in [9.17, 15) is 4.79 Å². The Hall–Kier alpha value is -2.64. The summed E-state index contributed by atoms with van der Waals surface area (Å²) in [6, 6.07) is 7.16. The van der Waals surface area contributed by atoms with E-state index in [2.05, 4.69) is 25.2 Å². The lowest BCUT2D eigenvalue weighted by Crippen LogP contribution is -2.38. The first kappa shape index (κ1) is 19.7. The summed E-state index contributed by atoms with van der Waals surface area (Å²) in [7, 11) is 0. The SMILES string of the molecule is Cc1nccn1-c1cc(N2CCC(C(=O)Nc3cccc(Cl)c3Cl)CC2)ncn1. The fraction of sp³-hybridized carbons (Fsp3) is 0.300. The quantitative estimate of drug-likeness (QED) is 0.672. The van der Waals surface area contributed by atoms with Gasteiger partial charge in [0.2, 0.25) is 5.91 Å². The molecule has 0 aliphatic carbocycles. The highest BCUT2D eigenvalue weighted by Crippen LogP contribution is 2.31. The predicted molar refractivity (Wildman–Crippen MR) is 114 cm³/mol. The van der Waals surface area contributed by atoms with Crippen molar-refractivity contribution in [3.63, 3.8) is 0 Å². The summed E-state index contributed by atoms with van der Waals surface area (Å²) in [5, 5.41) is 3.69.